The predicted molar refractivity (Wildman–Crippen MR) is 178 cm³/mol. The average molecular weight is 647 g/mol. The minimum absolute atomic E-state index is 0. The SMILES string of the molecule is [CH2-]c1ccccc1.[CH2-]c1ccccc1.[CH2-]c1ccccc1.[Zr].c1ccc(C[N-]C([N-]C2CCCCC2)n2cccn2)cc1. The molecule has 0 bridgehead atoms. The van der Waals surface area contributed by atoms with Crippen molar-refractivity contribution in [1.82, 2.24) is 9.78 Å². The van der Waals surface area contributed by atoms with Gasteiger partial charge in [-0.1, -0.05) is 86.2 Å². The van der Waals surface area contributed by atoms with Crippen molar-refractivity contribution < 1.29 is 26.2 Å². The van der Waals surface area contributed by atoms with Crippen LogP contribution in [0.3, 0.4) is 0 Å². The molecule has 1 fully saturated rings. The van der Waals surface area contributed by atoms with Crippen LogP contribution in [0.5, 0.6) is 0 Å². The van der Waals surface area contributed by atoms with Crippen molar-refractivity contribution >= 4 is 0 Å². The van der Waals surface area contributed by atoms with Gasteiger partial charge in [-0.15, -0.1) is 55.3 Å². The maximum absolute atomic E-state index is 4.93. The molecule has 5 aromatic rings. The molecule has 5 heteroatoms. The van der Waals surface area contributed by atoms with Gasteiger partial charge in [0.15, 0.2) is 0 Å². The van der Waals surface area contributed by atoms with E-state index in [2.05, 4.69) is 38.0 Å². The molecule has 1 heterocycles. The summed E-state index contributed by atoms with van der Waals surface area (Å²) >= 11 is 0. The van der Waals surface area contributed by atoms with Crippen LogP contribution in [0.1, 0.15) is 60.6 Å². The molecular weight excluding hydrogens is 604 g/mol. The maximum atomic E-state index is 4.93. The van der Waals surface area contributed by atoms with E-state index in [1.807, 2.05) is 126 Å². The number of nitrogens with zero attached hydrogens (tertiary/aromatic N) is 4. The molecule has 0 saturated heterocycles. The normalized spacial score (nSPS) is 12.8. The van der Waals surface area contributed by atoms with Gasteiger partial charge in [-0.05, 0) is 6.07 Å². The van der Waals surface area contributed by atoms with Crippen molar-refractivity contribution in [3.63, 3.8) is 0 Å². The van der Waals surface area contributed by atoms with E-state index >= 15 is 0 Å². The number of aromatic nitrogens is 2. The molecule has 1 saturated carbocycles. The molecular formula is C38H43N4Zr-5. The van der Waals surface area contributed by atoms with Crippen LogP contribution >= 0.6 is 0 Å². The minimum atomic E-state index is -0.191. The van der Waals surface area contributed by atoms with E-state index < -0.39 is 0 Å². The summed E-state index contributed by atoms with van der Waals surface area (Å²) in [7, 11) is 0. The Bertz CT molecular complexity index is 1200. The smallest absolute Gasteiger partial charge is 0.0488 e. The molecule has 0 amide bonds. The third-order valence-corrected chi connectivity index (χ3v) is 6.49. The van der Waals surface area contributed by atoms with Crippen molar-refractivity contribution in [1.29, 1.82) is 0 Å². The summed E-state index contributed by atoms with van der Waals surface area (Å²) in [5.41, 5.74) is 4.43. The van der Waals surface area contributed by atoms with Gasteiger partial charge in [0.1, 0.15) is 0 Å². The van der Waals surface area contributed by atoms with Crippen LogP contribution < -0.4 is 0 Å². The first-order chi connectivity index (χ1) is 20.6. The van der Waals surface area contributed by atoms with Crippen LogP contribution in [0.25, 0.3) is 10.6 Å². The largest absolute Gasteiger partial charge is 0.656 e. The summed E-state index contributed by atoms with van der Waals surface area (Å²) in [6.45, 7) is 11.8. The van der Waals surface area contributed by atoms with Crippen LogP contribution in [-0.4, -0.2) is 15.8 Å². The first-order valence-electron chi connectivity index (χ1n) is 14.6. The molecule has 1 unspecified atom stereocenters. The van der Waals surface area contributed by atoms with Crippen molar-refractivity contribution in [2.45, 2.75) is 51.0 Å². The van der Waals surface area contributed by atoms with Crippen LogP contribution in [0.15, 0.2) is 140 Å². The standard InChI is InChI=1S/C17H22N4.3C7H7.Zr/c1-3-8-15(9-4-1)14-18-17(21-13-7-12-19-21)20-16-10-5-2-6-11-16;3*1-7-5-3-2-4-6-7;/h1,3-4,7-9,12-13,16-17H,2,5-6,10-11,14H2;3*2-6H,1H2;/q-2;3*-1;. The average Bonchev–Trinajstić information content (AvgIpc) is 3.58. The van der Waals surface area contributed by atoms with E-state index in [4.69, 9.17) is 10.6 Å². The summed E-state index contributed by atoms with van der Waals surface area (Å²) in [5.74, 6) is 0. The Morgan fingerprint density at radius 2 is 1.07 bits per heavy atom. The van der Waals surface area contributed by atoms with Crippen LogP contribution in [-0.2, 0) is 32.7 Å². The fourth-order valence-corrected chi connectivity index (χ4v) is 4.24. The number of benzene rings is 4. The summed E-state index contributed by atoms with van der Waals surface area (Å²) < 4.78 is 1.86. The van der Waals surface area contributed by atoms with Crippen molar-refractivity contribution in [2.75, 3.05) is 0 Å². The zero-order chi connectivity index (χ0) is 29.7. The quantitative estimate of drug-likeness (QED) is 0.169. The second-order valence-corrected chi connectivity index (χ2v) is 10.1. The van der Waals surface area contributed by atoms with Crippen molar-refractivity contribution in [3.05, 3.63) is 193 Å². The second kappa shape index (κ2) is 22.1. The molecule has 1 aliphatic rings. The molecule has 4 nitrogen and oxygen atoms in total. The molecule has 0 spiro atoms. The molecule has 1 aliphatic carbocycles. The molecule has 0 aliphatic heterocycles. The Balaban J connectivity index is 0.000000239. The van der Waals surface area contributed by atoms with Gasteiger partial charge in [0.25, 0.3) is 0 Å². The van der Waals surface area contributed by atoms with Gasteiger partial charge in [-0.2, -0.15) is 79.0 Å². The Morgan fingerprint density at radius 1 is 0.628 bits per heavy atom. The van der Waals surface area contributed by atoms with E-state index in [9.17, 15) is 0 Å². The van der Waals surface area contributed by atoms with Crippen LogP contribution in [0.2, 0.25) is 0 Å². The summed E-state index contributed by atoms with van der Waals surface area (Å²) in [6, 6.07) is 42.3. The first kappa shape index (κ1) is 35.7. The van der Waals surface area contributed by atoms with Gasteiger partial charge in [0, 0.05) is 38.6 Å². The molecule has 43 heavy (non-hydrogen) atoms. The Kier molecular flexibility index (Phi) is 18.3. The van der Waals surface area contributed by atoms with Gasteiger partial charge >= 0.3 is 0 Å². The van der Waals surface area contributed by atoms with E-state index in [0.717, 1.165) is 16.7 Å². The number of hydrogen-bond acceptors (Lipinski definition) is 1. The molecule has 224 valence electrons. The van der Waals surface area contributed by atoms with Gasteiger partial charge in [-0.25, -0.2) is 0 Å². The zero-order valence-corrected chi connectivity index (χ0v) is 27.5. The molecule has 0 radical (unpaired) electrons. The third-order valence-electron chi connectivity index (χ3n) is 6.49. The molecule has 1 aromatic heterocycles. The van der Waals surface area contributed by atoms with E-state index in [1.54, 1.807) is 6.20 Å². The third kappa shape index (κ3) is 16.1. The maximum Gasteiger partial charge on any atom is 0.0488 e. The molecule has 1 atom stereocenters. The fraction of sp³-hybridized carbons (Fsp3) is 0.211. The predicted octanol–water partition coefficient (Wildman–Crippen LogP) is 10.2. The summed E-state index contributed by atoms with van der Waals surface area (Å²) in [4.78, 5) is 0. The van der Waals surface area contributed by atoms with Gasteiger partial charge in [-0.3, -0.25) is 0 Å². The molecule has 4 aromatic carbocycles. The van der Waals surface area contributed by atoms with Crippen LogP contribution in [0, 0.1) is 20.8 Å². The topological polar surface area (TPSA) is 46.0 Å². The fourth-order valence-electron chi connectivity index (χ4n) is 4.24. The Hall–Kier alpha value is -3.50. The van der Waals surface area contributed by atoms with Crippen LogP contribution in [0.4, 0.5) is 0 Å². The second-order valence-electron chi connectivity index (χ2n) is 10.1. The molecule has 6 rings (SSSR count). The van der Waals surface area contributed by atoms with Crippen molar-refractivity contribution in [3.8, 4) is 0 Å². The van der Waals surface area contributed by atoms with Gasteiger partial charge in [0.05, 0.1) is 0 Å². The Labute approximate surface area is 279 Å². The molecule has 0 N–H and O–H groups in total. The summed E-state index contributed by atoms with van der Waals surface area (Å²) in [6.07, 6.45) is 9.87. The first-order valence-corrected chi connectivity index (χ1v) is 14.6. The summed E-state index contributed by atoms with van der Waals surface area (Å²) in [5, 5.41) is 14.0. The van der Waals surface area contributed by atoms with Crippen molar-refractivity contribution in [2.24, 2.45) is 0 Å². The minimum Gasteiger partial charge on any atom is -0.656 e. The monoisotopic (exact) mass is 645 g/mol. The van der Waals surface area contributed by atoms with Gasteiger partial charge < -0.3 is 15.3 Å². The number of rotatable bonds is 6. The van der Waals surface area contributed by atoms with Gasteiger partial charge in [0.2, 0.25) is 0 Å². The zero-order valence-electron chi connectivity index (χ0n) is 25.1. The van der Waals surface area contributed by atoms with E-state index in [0.29, 0.717) is 12.6 Å². The van der Waals surface area contributed by atoms with E-state index in [1.165, 1.54) is 37.7 Å². The number of hydrogen-bond donors (Lipinski definition) is 0. The Morgan fingerprint density at radius 3 is 1.44 bits per heavy atom. The van der Waals surface area contributed by atoms with E-state index in [-0.39, 0.29) is 32.5 Å².